The number of nitrogens with one attached hydrogen (secondary N) is 1. The molecule has 7 heteroatoms. The van der Waals surface area contributed by atoms with Crippen molar-refractivity contribution in [3.8, 4) is 0 Å². The summed E-state index contributed by atoms with van der Waals surface area (Å²) in [5, 5.41) is 8.42. The Kier molecular flexibility index (Phi) is 3.93. The summed E-state index contributed by atoms with van der Waals surface area (Å²) in [6, 6.07) is 1.47. The molecule has 0 radical (unpaired) electrons. The van der Waals surface area contributed by atoms with Crippen LogP contribution >= 0.6 is 11.5 Å². The van der Waals surface area contributed by atoms with E-state index in [-0.39, 0.29) is 5.56 Å². The molecule has 1 aromatic carbocycles. The molecule has 0 aliphatic heterocycles. The fourth-order valence-electron chi connectivity index (χ4n) is 1.64. The van der Waals surface area contributed by atoms with E-state index in [1.54, 1.807) is 5.38 Å². The zero-order valence-electron chi connectivity index (χ0n) is 9.45. The Labute approximate surface area is 106 Å². The first-order chi connectivity index (χ1) is 8.65. The summed E-state index contributed by atoms with van der Waals surface area (Å²) in [5.41, 5.74) is 0.496. The lowest BCUT2D eigenvalue weighted by molar-refractivity contribution is 0.432. The minimum atomic E-state index is -1.47. The molecule has 0 amide bonds. The first-order valence-corrected chi connectivity index (χ1v) is 6.12. The molecule has 1 atom stereocenters. The van der Waals surface area contributed by atoms with Gasteiger partial charge in [-0.3, -0.25) is 0 Å². The van der Waals surface area contributed by atoms with Crippen LogP contribution in [-0.4, -0.2) is 16.1 Å². The molecule has 18 heavy (non-hydrogen) atoms. The summed E-state index contributed by atoms with van der Waals surface area (Å²) in [4.78, 5) is 0. The lowest BCUT2D eigenvalue weighted by atomic mass is 10.0. The van der Waals surface area contributed by atoms with E-state index in [0.29, 0.717) is 12.2 Å². The van der Waals surface area contributed by atoms with Crippen molar-refractivity contribution in [2.45, 2.75) is 13.0 Å². The molecule has 0 spiro atoms. The van der Waals surface area contributed by atoms with Crippen molar-refractivity contribution < 1.29 is 13.2 Å². The Morgan fingerprint density at radius 1 is 1.28 bits per heavy atom. The molecule has 1 aromatic heterocycles. The number of aromatic nitrogens is 2. The van der Waals surface area contributed by atoms with Crippen molar-refractivity contribution in [3.63, 3.8) is 0 Å². The standard InChI is InChI=1S/C11H10F3N3S/c1-2-15-11(8-5-18-17-16-8)6-3-4-7(12)10(14)9(6)13/h3-5,11,15H,2H2,1H3. The van der Waals surface area contributed by atoms with Gasteiger partial charge in [0.05, 0.1) is 11.7 Å². The quantitative estimate of drug-likeness (QED) is 0.870. The highest BCUT2D eigenvalue weighted by molar-refractivity contribution is 7.03. The van der Waals surface area contributed by atoms with Crippen LogP contribution in [0, 0.1) is 17.5 Å². The summed E-state index contributed by atoms with van der Waals surface area (Å²) >= 11 is 1.11. The zero-order valence-corrected chi connectivity index (χ0v) is 10.3. The molecular weight excluding hydrogens is 263 g/mol. The lowest BCUT2D eigenvalue weighted by Crippen LogP contribution is -2.24. The van der Waals surface area contributed by atoms with Crippen molar-refractivity contribution in [1.29, 1.82) is 0 Å². The summed E-state index contributed by atoms with van der Waals surface area (Å²) in [5.74, 6) is -3.88. The minimum absolute atomic E-state index is 0.0171. The van der Waals surface area contributed by atoms with Crippen LogP contribution in [0.1, 0.15) is 24.2 Å². The summed E-state index contributed by atoms with van der Waals surface area (Å²) < 4.78 is 43.5. The maximum Gasteiger partial charge on any atom is 0.194 e. The third kappa shape index (κ3) is 2.37. The van der Waals surface area contributed by atoms with E-state index in [4.69, 9.17) is 0 Å². The molecule has 0 bridgehead atoms. The molecule has 1 N–H and O–H groups in total. The minimum Gasteiger partial charge on any atom is -0.305 e. The van der Waals surface area contributed by atoms with E-state index < -0.39 is 23.5 Å². The fraction of sp³-hybridized carbons (Fsp3) is 0.273. The Hall–Kier alpha value is -1.47. The predicted octanol–water partition coefficient (Wildman–Crippen LogP) is 2.65. The topological polar surface area (TPSA) is 37.8 Å². The van der Waals surface area contributed by atoms with Crippen LogP contribution in [-0.2, 0) is 0 Å². The van der Waals surface area contributed by atoms with Crippen molar-refractivity contribution in [3.05, 3.63) is 46.2 Å². The number of benzene rings is 1. The third-order valence-electron chi connectivity index (χ3n) is 2.46. The second kappa shape index (κ2) is 5.45. The highest BCUT2D eigenvalue weighted by atomic mass is 32.1. The highest BCUT2D eigenvalue weighted by Gasteiger charge is 2.23. The first-order valence-electron chi connectivity index (χ1n) is 5.28. The molecule has 0 aliphatic carbocycles. The van der Waals surface area contributed by atoms with Gasteiger partial charge < -0.3 is 5.32 Å². The monoisotopic (exact) mass is 273 g/mol. The Bertz CT molecular complexity index is 531. The number of rotatable bonds is 4. The third-order valence-corrected chi connectivity index (χ3v) is 2.98. The van der Waals surface area contributed by atoms with Gasteiger partial charge in [0.2, 0.25) is 0 Å². The van der Waals surface area contributed by atoms with Gasteiger partial charge in [-0.05, 0) is 24.1 Å². The summed E-state index contributed by atoms with van der Waals surface area (Å²) in [6.45, 7) is 2.35. The summed E-state index contributed by atoms with van der Waals surface area (Å²) in [6.07, 6.45) is 0. The van der Waals surface area contributed by atoms with Crippen LogP contribution in [0.5, 0.6) is 0 Å². The highest BCUT2D eigenvalue weighted by Crippen LogP contribution is 2.26. The number of hydrogen-bond acceptors (Lipinski definition) is 4. The number of hydrogen-bond donors (Lipinski definition) is 1. The molecule has 2 rings (SSSR count). The maximum atomic E-state index is 13.7. The molecule has 1 unspecified atom stereocenters. The van der Waals surface area contributed by atoms with Crippen LogP contribution in [0.3, 0.4) is 0 Å². The van der Waals surface area contributed by atoms with Gasteiger partial charge in [-0.15, -0.1) is 5.10 Å². The summed E-state index contributed by atoms with van der Waals surface area (Å²) in [7, 11) is 0. The van der Waals surface area contributed by atoms with Crippen LogP contribution in [0.4, 0.5) is 13.2 Å². The SMILES string of the molecule is CCNC(c1csnn1)c1ccc(F)c(F)c1F. The molecule has 0 fully saturated rings. The van der Waals surface area contributed by atoms with Crippen molar-refractivity contribution >= 4 is 11.5 Å². The lowest BCUT2D eigenvalue weighted by Gasteiger charge is -2.16. The molecule has 3 nitrogen and oxygen atoms in total. The molecule has 0 saturated heterocycles. The average molecular weight is 273 g/mol. The van der Waals surface area contributed by atoms with E-state index in [1.807, 2.05) is 6.92 Å². The van der Waals surface area contributed by atoms with Gasteiger partial charge >= 0.3 is 0 Å². The second-order valence-corrected chi connectivity index (χ2v) is 4.19. The smallest absolute Gasteiger partial charge is 0.194 e. The van der Waals surface area contributed by atoms with E-state index in [2.05, 4.69) is 14.9 Å². The van der Waals surface area contributed by atoms with Crippen LogP contribution in [0.15, 0.2) is 17.5 Å². The molecule has 96 valence electrons. The van der Waals surface area contributed by atoms with Crippen molar-refractivity contribution in [2.75, 3.05) is 6.54 Å². The van der Waals surface area contributed by atoms with E-state index >= 15 is 0 Å². The molecule has 0 aliphatic rings. The zero-order chi connectivity index (χ0) is 13.1. The van der Waals surface area contributed by atoms with E-state index in [1.165, 1.54) is 6.07 Å². The second-order valence-electron chi connectivity index (χ2n) is 3.59. The van der Waals surface area contributed by atoms with Crippen molar-refractivity contribution in [1.82, 2.24) is 14.9 Å². The van der Waals surface area contributed by atoms with Crippen LogP contribution < -0.4 is 5.32 Å². The van der Waals surface area contributed by atoms with Gasteiger partial charge in [0.15, 0.2) is 17.5 Å². The predicted molar refractivity (Wildman–Crippen MR) is 61.7 cm³/mol. The molecule has 1 heterocycles. The van der Waals surface area contributed by atoms with Crippen molar-refractivity contribution in [2.24, 2.45) is 0 Å². The Morgan fingerprint density at radius 3 is 2.67 bits per heavy atom. The Morgan fingerprint density at radius 2 is 2.06 bits per heavy atom. The normalized spacial score (nSPS) is 12.7. The fourth-order valence-corrected chi connectivity index (χ4v) is 2.12. The van der Waals surface area contributed by atoms with Gasteiger partial charge in [-0.25, -0.2) is 13.2 Å². The van der Waals surface area contributed by atoms with Crippen LogP contribution in [0.2, 0.25) is 0 Å². The molecular formula is C11H10F3N3S. The number of halogens is 3. The van der Waals surface area contributed by atoms with Gasteiger partial charge in [-0.1, -0.05) is 17.5 Å². The van der Waals surface area contributed by atoms with E-state index in [0.717, 1.165) is 17.6 Å². The van der Waals surface area contributed by atoms with Gasteiger partial charge in [0, 0.05) is 10.9 Å². The van der Waals surface area contributed by atoms with Gasteiger partial charge in [0.1, 0.15) is 0 Å². The molecule has 0 saturated carbocycles. The van der Waals surface area contributed by atoms with Crippen LogP contribution in [0.25, 0.3) is 0 Å². The molecule has 2 aromatic rings. The first kappa shape index (κ1) is 13.0. The number of nitrogens with zero attached hydrogens (tertiary/aromatic N) is 2. The van der Waals surface area contributed by atoms with E-state index in [9.17, 15) is 13.2 Å². The Balaban J connectivity index is 2.47. The maximum absolute atomic E-state index is 13.7. The largest absolute Gasteiger partial charge is 0.305 e. The van der Waals surface area contributed by atoms with Gasteiger partial charge in [0.25, 0.3) is 0 Å². The average Bonchev–Trinajstić information content (AvgIpc) is 2.88. The van der Waals surface area contributed by atoms with Gasteiger partial charge in [-0.2, -0.15) is 0 Å².